The molecule has 0 unspecified atom stereocenters. The van der Waals surface area contributed by atoms with Crippen LogP contribution in [0.1, 0.15) is 16.4 Å². The van der Waals surface area contributed by atoms with Crippen molar-refractivity contribution < 1.29 is 0 Å². The van der Waals surface area contributed by atoms with E-state index in [1.807, 2.05) is 23.1 Å². The number of nitrogens with one attached hydrogen (secondary N) is 1. The lowest BCUT2D eigenvalue weighted by Crippen LogP contribution is -2.24. The molecule has 5 aromatic heterocycles. The summed E-state index contributed by atoms with van der Waals surface area (Å²) in [5, 5.41) is 15.3. The molecule has 11 heteroatoms. The minimum Gasteiger partial charge on any atom is -0.375 e. The highest BCUT2D eigenvalue weighted by Crippen LogP contribution is 2.31. The zero-order chi connectivity index (χ0) is 18.5. The summed E-state index contributed by atoms with van der Waals surface area (Å²) in [4.78, 5) is 21.9. The summed E-state index contributed by atoms with van der Waals surface area (Å²) in [5.41, 5.74) is 8.61. The molecule has 0 radical (unpaired) electrons. The fraction of sp³-hybridized carbons (Fsp3) is 0.188. The van der Waals surface area contributed by atoms with Crippen LogP contribution in [0.2, 0.25) is 0 Å². The first-order chi connectivity index (χ1) is 13.1. The van der Waals surface area contributed by atoms with Crippen LogP contribution in [0.3, 0.4) is 0 Å². The number of hydrogen-bond acceptors (Lipinski definition) is 8. The summed E-state index contributed by atoms with van der Waals surface area (Å²) < 4.78 is 4.22. The van der Waals surface area contributed by atoms with Crippen LogP contribution in [-0.4, -0.2) is 34.5 Å². The van der Waals surface area contributed by atoms with Crippen LogP contribution in [0.5, 0.6) is 0 Å². The van der Waals surface area contributed by atoms with Crippen molar-refractivity contribution in [3.8, 4) is 0 Å². The first kappa shape index (κ1) is 16.1. The number of hydrogen-bond donors (Lipinski definition) is 2. The van der Waals surface area contributed by atoms with Crippen LogP contribution in [0, 0.1) is 0 Å². The van der Waals surface area contributed by atoms with Crippen molar-refractivity contribution in [1.29, 1.82) is 0 Å². The van der Waals surface area contributed by atoms with Crippen molar-refractivity contribution in [1.82, 2.24) is 34.5 Å². The van der Waals surface area contributed by atoms with E-state index < -0.39 is 0 Å². The number of H-pyrrole nitrogens is 1. The molecule has 0 spiro atoms. The second kappa shape index (κ2) is 5.99. The zero-order valence-corrected chi connectivity index (χ0v) is 15.8. The summed E-state index contributed by atoms with van der Waals surface area (Å²) in [6, 6.07) is 1.93. The largest absolute Gasteiger partial charge is 0.375 e. The Morgan fingerprint density at radius 1 is 1.33 bits per heavy atom. The van der Waals surface area contributed by atoms with Gasteiger partial charge in [0.15, 0.2) is 10.8 Å². The second-order valence-corrected chi connectivity index (χ2v) is 8.10. The predicted octanol–water partition coefficient (Wildman–Crippen LogP) is 1.75. The molecule has 27 heavy (non-hydrogen) atoms. The highest BCUT2D eigenvalue weighted by atomic mass is 32.1. The standard InChI is InChI=1S/C16H14N8OS2/c1-23-12-10(5-19-24(15(12)25)6-9-7-26-16(17)20-9)13-14(23)21-11(27-13)4-8-2-3-18-22-8/h2-3,5,7H,4,6H2,1H3,(H2,17,20)(H,18,22). The van der Waals surface area contributed by atoms with Gasteiger partial charge in [-0.25, -0.2) is 14.6 Å². The minimum atomic E-state index is -0.165. The number of anilines is 1. The monoisotopic (exact) mass is 398 g/mol. The Balaban J connectivity index is 1.60. The molecule has 136 valence electrons. The maximum absolute atomic E-state index is 13.0. The minimum absolute atomic E-state index is 0.165. The maximum Gasteiger partial charge on any atom is 0.291 e. The van der Waals surface area contributed by atoms with E-state index >= 15 is 0 Å². The molecular formula is C16H14N8OS2. The average Bonchev–Trinajstić information content (AvgIpc) is 3.40. The third kappa shape index (κ3) is 2.62. The average molecular weight is 398 g/mol. The van der Waals surface area contributed by atoms with Crippen molar-refractivity contribution in [2.45, 2.75) is 13.0 Å². The van der Waals surface area contributed by atoms with Crippen LogP contribution >= 0.6 is 22.7 Å². The fourth-order valence-electron chi connectivity index (χ4n) is 3.12. The van der Waals surface area contributed by atoms with Crippen molar-refractivity contribution in [2.24, 2.45) is 7.05 Å². The van der Waals surface area contributed by atoms with Crippen LogP contribution in [0.15, 0.2) is 28.6 Å². The Kier molecular flexibility index (Phi) is 3.58. The number of fused-ring (bicyclic) bond motifs is 3. The van der Waals surface area contributed by atoms with Crippen molar-refractivity contribution in [2.75, 3.05) is 5.73 Å². The van der Waals surface area contributed by atoms with Gasteiger partial charge >= 0.3 is 0 Å². The Labute approximate surface area is 160 Å². The summed E-state index contributed by atoms with van der Waals surface area (Å²) in [5.74, 6) is 0. The molecule has 0 aliphatic rings. The van der Waals surface area contributed by atoms with E-state index in [2.05, 4.69) is 20.3 Å². The summed E-state index contributed by atoms with van der Waals surface area (Å²) in [7, 11) is 1.86. The van der Waals surface area contributed by atoms with Crippen LogP contribution < -0.4 is 11.3 Å². The van der Waals surface area contributed by atoms with E-state index in [1.54, 1.807) is 23.7 Å². The second-order valence-electron chi connectivity index (χ2n) is 6.12. The Morgan fingerprint density at radius 3 is 2.96 bits per heavy atom. The van der Waals surface area contributed by atoms with Crippen molar-refractivity contribution >= 4 is 49.1 Å². The summed E-state index contributed by atoms with van der Waals surface area (Å²) >= 11 is 2.92. The van der Waals surface area contributed by atoms with Gasteiger partial charge in [-0.05, 0) is 6.07 Å². The number of rotatable bonds is 4. The topological polar surface area (TPSA) is 120 Å². The molecule has 0 aliphatic heterocycles. The number of nitrogens with two attached hydrogens (primary N) is 1. The molecule has 0 bridgehead atoms. The van der Waals surface area contributed by atoms with Gasteiger partial charge in [0.2, 0.25) is 0 Å². The number of thiazole rings is 2. The summed E-state index contributed by atoms with van der Waals surface area (Å²) in [6.45, 7) is 0.291. The molecule has 0 aromatic carbocycles. The van der Waals surface area contributed by atoms with Crippen LogP contribution in [0.4, 0.5) is 5.13 Å². The van der Waals surface area contributed by atoms with Gasteiger partial charge in [-0.2, -0.15) is 10.2 Å². The van der Waals surface area contributed by atoms with Gasteiger partial charge < -0.3 is 10.3 Å². The molecule has 0 fully saturated rings. The number of aromatic amines is 1. The Hall–Kier alpha value is -3.05. The lowest BCUT2D eigenvalue weighted by Gasteiger charge is -2.03. The molecule has 0 saturated carbocycles. The molecule has 0 aliphatic carbocycles. The molecule has 5 aromatic rings. The maximum atomic E-state index is 13.0. The molecule has 0 saturated heterocycles. The number of nitrogens with zero attached hydrogens (tertiary/aromatic N) is 6. The molecular weight excluding hydrogens is 384 g/mol. The molecule has 3 N–H and O–H groups in total. The summed E-state index contributed by atoms with van der Waals surface area (Å²) in [6.07, 6.45) is 4.13. The molecule has 5 rings (SSSR count). The van der Waals surface area contributed by atoms with E-state index in [-0.39, 0.29) is 5.56 Å². The van der Waals surface area contributed by atoms with Gasteiger partial charge in [-0.15, -0.1) is 22.7 Å². The van der Waals surface area contributed by atoms with Crippen LogP contribution in [0.25, 0.3) is 21.3 Å². The Morgan fingerprint density at radius 2 is 2.22 bits per heavy atom. The Bertz CT molecular complexity index is 1320. The number of aromatic nitrogens is 7. The lowest BCUT2D eigenvalue weighted by atomic mass is 10.3. The zero-order valence-electron chi connectivity index (χ0n) is 14.2. The fourth-order valence-corrected chi connectivity index (χ4v) is 4.80. The highest BCUT2D eigenvalue weighted by molar-refractivity contribution is 7.19. The van der Waals surface area contributed by atoms with Gasteiger partial charge in [0.05, 0.1) is 23.1 Å². The number of nitrogen functional groups attached to an aromatic ring is 1. The first-order valence-electron chi connectivity index (χ1n) is 8.12. The van der Waals surface area contributed by atoms with Gasteiger partial charge in [0, 0.05) is 36.1 Å². The van der Waals surface area contributed by atoms with E-state index in [9.17, 15) is 4.79 Å². The van der Waals surface area contributed by atoms with Crippen molar-refractivity contribution in [3.63, 3.8) is 0 Å². The van der Waals surface area contributed by atoms with Gasteiger partial charge in [-0.3, -0.25) is 9.89 Å². The van der Waals surface area contributed by atoms with Gasteiger partial charge in [0.25, 0.3) is 5.56 Å². The third-order valence-corrected chi connectivity index (χ3v) is 6.15. The third-order valence-electron chi connectivity index (χ3n) is 4.35. The van der Waals surface area contributed by atoms with E-state index in [4.69, 9.17) is 10.7 Å². The van der Waals surface area contributed by atoms with E-state index in [0.29, 0.717) is 23.6 Å². The van der Waals surface area contributed by atoms with Crippen LogP contribution in [-0.2, 0) is 20.0 Å². The molecule has 0 amide bonds. The molecule has 5 heterocycles. The normalized spacial score (nSPS) is 11.7. The smallest absolute Gasteiger partial charge is 0.291 e. The highest BCUT2D eigenvalue weighted by Gasteiger charge is 2.18. The molecule has 9 nitrogen and oxygen atoms in total. The first-order valence-corrected chi connectivity index (χ1v) is 9.82. The lowest BCUT2D eigenvalue weighted by molar-refractivity contribution is 0.635. The van der Waals surface area contributed by atoms with Crippen molar-refractivity contribution in [3.05, 3.63) is 50.6 Å². The number of aryl methyl sites for hydroxylation is 1. The van der Waals surface area contributed by atoms with E-state index in [1.165, 1.54) is 16.0 Å². The predicted molar refractivity (Wildman–Crippen MR) is 105 cm³/mol. The molecule has 0 atom stereocenters. The van der Waals surface area contributed by atoms with Gasteiger partial charge in [-0.1, -0.05) is 0 Å². The quantitative estimate of drug-likeness (QED) is 0.476. The van der Waals surface area contributed by atoms with E-state index in [0.717, 1.165) is 32.1 Å². The SMILES string of the molecule is Cn1c2nc(Cc3ccn[nH]3)sc2c2cnn(Cc3csc(N)n3)c(=O)c21. The van der Waals surface area contributed by atoms with Gasteiger partial charge in [0.1, 0.15) is 10.5 Å².